The second-order valence-corrected chi connectivity index (χ2v) is 7.00. The van der Waals surface area contributed by atoms with E-state index in [4.69, 9.17) is 11.6 Å². The number of rotatable bonds is 4. The van der Waals surface area contributed by atoms with Crippen LogP contribution in [0, 0.1) is 0 Å². The van der Waals surface area contributed by atoms with Crippen molar-refractivity contribution in [3.63, 3.8) is 0 Å². The third kappa shape index (κ3) is 2.85. The van der Waals surface area contributed by atoms with E-state index in [0.717, 1.165) is 23.6 Å². The summed E-state index contributed by atoms with van der Waals surface area (Å²) in [5.41, 5.74) is 0.701. The van der Waals surface area contributed by atoms with Crippen LogP contribution in [0.2, 0.25) is 5.15 Å². The predicted molar refractivity (Wildman–Crippen MR) is 95.5 cm³/mol. The molecule has 0 radical (unpaired) electrons. The second kappa shape index (κ2) is 6.41. The number of imidazole rings is 1. The molecule has 1 aliphatic rings. The Balaban J connectivity index is 1.50. The molecule has 0 unspecified atom stereocenters. The smallest absolute Gasteiger partial charge is 0.249 e. The quantitative estimate of drug-likeness (QED) is 0.714. The number of fused-ring (bicyclic) bond motifs is 1. The van der Waals surface area contributed by atoms with Gasteiger partial charge in [-0.05, 0) is 18.9 Å². The molecule has 3 aromatic rings. The summed E-state index contributed by atoms with van der Waals surface area (Å²) < 4.78 is 3.78. The van der Waals surface area contributed by atoms with E-state index in [2.05, 4.69) is 15.4 Å². The molecule has 3 aromatic heterocycles. The highest BCUT2D eigenvalue weighted by Gasteiger charge is 2.20. The molecule has 24 heavy (non-hydrogen) atoms. The molecule has 3 heterocycles. The lowest BCUT2D eigenvalue weighted by atomic mass is 10.2. The molecule has 0 aliphatic heterocycles. The van der Waals surface area contributed by atoms with Crippen LogP contribution in [-0.4, -0.2) is 25.1 Å². The van der Waals surface area contributed by atoms with Gasteiger partial charge in [-0.3, -0.25) is 9.20 Å². The molecule has 1 aliphatic carbocycles. The topological polar surface area (TPSA) is 64.2 Å². The number of aromatic nitrogens is 4. The summed E-state index contributed by atoms with van der Waals surface area (Å²) in [6, 6.07) is 2.21. The van der Waals surface area contributed by atoms with Gasteiger partial charge in [-0.25, -0.2) is 9.67 Å². The molecule has 8 heteroatoms. The molecule has 0 bridgehead atoms. The lowest BCUT2D eigenvalue weighted by Gasteiger charge is -2.13. The maximum atomic E-state index is 12.2. The maximum Gasteiger partial charge on any atom is 0.249 e. The summed E-state index contributed by atoms with van der Waals surface area (Å²) in [5, 5.41) is 9.57. The van der Waals surface area contributed by atoms with Gasteiger partial charge in [-0.2, -0.15) is 5.10 Å². The van der Waals surface area contributed by atoms with E-state index in [1.54, 1.807) is 12.3 Å². The summed E-state index contributed by atoms with van der Waals surface area (Å²) in [7, 11) is 0. The average Bonchev–Trinajstić information content (AvgIpc) is 3.30. The largest absolute Gasteiger partial charge is 0.307 e. The van der Waals surface area contributed by atoms with Gasteiger partial charge >= 0.3 is 0 Å². The number of anilines is 1. The zero-order valence-electron chi connectivity index (χ0n) is 12.9. The van der Waals surface area contributed by atoms with E-state index in [0.29, 0.717) is 16.9 Å². The summed E-state index contributed by atoms with van der Waals surface area (Å²) >= 11 is 7.62. The Morgan fingerprint density at radius 2 is 2.25 bits per heavy atom. The molecular weight excluding hydrogens is 346 g/mol. The van der Waals surface area contributed by atoms with Crippen molar-refractivity contribution in [2.45, 2.75) is 31.7 Å². The van der Waals surface area contributed by atoms with Crippen molar-refractivity contribution in [2.24, 2.45) is 0 Å². The van der Waals surface area contributed by atoms with Gasteiger partial charge in [0, 0.05) is 23.7 Å². The van der Waals surface area contributed by atoms with Crippen molar-refractivity contribution in [1.29, 1.82) is 0 Å². The highest BCUT2D eigenvalue weighted by atomic mass is 35.5. The van der Waals surface area contributed by atoms with Crippen LogP contribution in [0.1, 0.15) is 37.4 Å². The van der Waals surface area contributed by atoms with Crippen molar-refractivity contribution in [2.75, 3.05) is 5.32 Å². The normalized spacial score (nSPS) is 15.7. The van der Waals surface area contributed by atoms with E-state index in [1.807, 2.05) is 26.7 Å². The summed E-state index contributed by atoms with van der Waals surface area (Å²) in [6.07, 6.45) is 11.4. The number of thiazole rings is 1. The predicted octanol–water partition coefficient (Wildman–Crippen LogP) is 4.01. The Labute approximate surface area is 147 Å². The minimum absolute atomic E-state index is 0.212. The Bertz CT molecular complexity index is 903. The van der Waals surface area contributed by atoms with Gasteiger partial charge < -0.3 is 5.32 Å². The monoisotopic (exact) mass is 361 g/mol. The van der Waals surface area contributed by atoms with E-state index < -0.39 is 0 Å². The lowest BCUT2D eigenvalue weighted by Crippen LogP contribution is -2.15. The van der Waals surface area contributed by atoms with E-state index in [-0.39, 0.29) is 5.91 Å². The first-order valence-corrected chi connectivity index (χ1v) is 9.12. The zero-order valence-corrected chi connectivity index (χ0v) is 14.4. The van der Waals surface area contributed by atoms with Gasteiger partial charge in [0.15, 0.2) is 10.1 Å². The van der Waals surface area contributed by atoms with Crippen LogP contribution in [0.5, 0.6) is 0 Å². The van der Waals surface area contributed by atoms with Crippen LogP contribution in [0.15, 0.2) is 29.9 Å². The number of carbonyl (C=O) groups is 1. The molecule has 0 saturated heterocycles. The molecule has 1 fully saturated rings. The first kappa shape index (κ1) is 15.4. The van der Waals surface area contributed by atoms with E-state index in [1.165, 1.54) is 30.3 Å². The van der Waals surface area contributed by atoms with E-state index >= 15 is 0 Å². The van der Waals surface area contributed by atoms with Crippen LogP contribution < -0.4 is 5.32 Å². The summed E-state index contributed by atoms with van der Waals surface area (Å²) in [6.45, 7) is 0. The van der Waals surface area contributed by atoms with Gasteiger partial charge in [-0.1, -0.05) is 24.4 Å². The highest BCUT2D eigenvalue weighted by molar-refractivity contribution is 7.15. The number of nitrogens with zero attached hydrogens (tertiary/aromatic N) is 4. The number of amides is 1. The number of halogens is 1. The fourth-order valence-electron chi connectivity index (χ4n) is 3.10. The fourth-order valence-corrected chi connectivity index (χ4v) is 4.11. The number of nitrogens with one attached hydrogen (secondary N) is 1. The summed E-state index contributed by atoms with van der Waals surface area (Å²) in [4.78, 5) is 17.3. The number of hydrogen-bond acceptors (Lipinski definition) is 4. The van der Waals surface area contributed by atoms with Crippen LogP contribution >= 0.6 is 22.9 Å². The van der Waals surface area contributed by atoms with Crippen LogP contribution in [0.3, 0.4) is 0 Å². The van der Waals surface area contributed by atoms with Crippen LogP contribution in [-0.2, 0) is 4.79 Å². The summed E-state index contributed by atoms with van der Waals surface area (Å²) in [5.74, 6) is 0.521. The molecule has 0 aromatic carbocycles. The Kier molecular flexibility index (Phi) is 4.12. The second-order valence-electron chi connectivity index (χ2n) is 5.77. The molecule has 0 spiro atoms. The van der Waals surface area contributed by atoms with Crippen LogP contribution in [0.25, 0.3) is 11.0 Å². The maximum absolute atomic E-state index is 12.2. The molecule has 1 amide bonds. The van der Waals surface area contributed by atoms with Crippen LogP contribution in [0.4, 0.5) is 5.82 Å². The van der Waals surface area contributed by atoms with Crippen molar-refractivity contribution >= 4 is 45.7 Å². The Morgan fingerprint density at radius 1 is 1.42 bits per heavy atom. The molecule has 124 valence electrons. The van der Waals surface area contributed by atoms with Gasteiger partial charge in [-0.15, -0.1) is 11.3 Å². The van der Waals surface area contributed by atoms with Crippen molar-refractivity contribution < 1.29 is 4.79 Å². The molecule has 6 nitrogen and oxygen atoms in total. The van der Waals surface area contributed by atoms with Crippen molar-refractivity contribution in [1.82, 2.24) is 19.2 Å². The third-order valence-electron chi connectivity index (χ3n) is 4.24. The first-order valence-electron chi connectivity index (χ1n) is 7.86. The van der Waals surface area contributed by atoms with Crippen molar-refractivity contribution in [3.8, 4) is 0 Å². The van der Waals surface area contributed by atoms with Crippen molar-refractivity contribution in [3.05, 3.63) is 40.8 Å². The SMILES string of the molecule is O=C(C=Cc1c(Cl)nc2sccn12)Nc1ccnn1C1CCCC1. The standard InChI is InChI=1S/C16H16ClN5OS/c17-15-12(21-9-10-24-16(21)20-15)5-6-14(23)19-13-7-8-18-22(13)11-3-1-2-4-11/h5-11H,1-4H2,(H,19,23). The minimum atomic E-state index is -0.212. The average molecular weight is 362 g/mol. The zero-order chi connectivity index (χ0) is 16.5. The Hall–Kier alpha value is -2.12. The molecule has 1 N–H and O–H groups in total. The number of carbonyl (C=O) groups excluding carboxylic acids is 1. The first-order chi connectivity index (χ1) is 11.7. The van der Waals surface area contributed by atoms with Gasteiger partial charge in [0.05, 0.1) is 17.9 Å². The lowest BCUT2D eigenvalue weighted by molar-refractivity contribution is -0.111. The molecule has 0 atom stereocenters. The fraction of sp³-hybridized carbons (Fsp3) is 0.312. The highest BCUT2D eigenvalue weighted by Crippen LogP contribution is 2.31. The third-order valence-corrected chi connectivity index (χ3v) is 5.27. The Morgan fingerprint density at radius 3 is 3.08 bits per heavy atom. The van der Waals surface area contributed by atoms with E-state index in [9.17, 15) is 4.79 Å². The number of hydrogen-bond donors (Lipinski definition) is 1. The van der Waals surface area contributed by atoms with Gasteiger partial charge in [0.1, 0.15) is 5.82 Å². The van der Waals surface area contributed by atoms with Gasteiger partial charge in [0.25, 0.3) is 0 Å². The minimum Gasteiger partial charge on any atom is -0.307 e. The van der Waals surface area contributed by atoms with Gasteiger partial charge in [0.2, 0.25) is 5.91 Å². The molecule has 1 saturated carbocycles. The molecular formula is C16H16ClN5OS. The molecule has 4 rings (SSSR count).